The molecule has 2 aliphatic rings. The van der Waals surface area contributed by atoms with Gasteiger partial charge < -0.3 is 19.3 Å². The Hall–Kier alpha value is -3.20. The predicted molar refractivity (Wildman–Crippen MR) is 184 cm³/mol. The molecule has 0 radical (unpaired) electrons. The molecular weight excluding hydrogens is 772 g/mol. The Bertz CT molecular complexity index is 1540. The smallest absolute Gasteiger partial charge is 0.422 e. The van der Waals surface area contributed by atoms with Crippen LogP contribution in [0.15, 0.2) is 24.3 Å². The number of phenols is 1. The van der Waals surface area contributed by atoms with Gasteiger partial charge in [0.05, 0.1) is 18.4 Å². The first-order valence-electron chi connectivity index (χ1n) is 19.4. The van der Waals surface area contributed by atoms with Crippen LogP contribution in [0.3, 0.4) is 0 Å². The van der Waals surface area contributed by atoms with Crippen molar-refractivity contribution in [3.63, 3.8) is 0 Å². The largest absolute Gasteiger partial charge is 0.505 e. The van der Waals surface area contributed by atoms with Crippen LogP contribution in [-0.4, -0.2) is 35.8 Å². The van der Waals surface area contributed by atoms with Gasteiger partial charge in [-0.05, 0) is 120 Å². The molecule has 1 atom stereocenters. The van der Waals surface area contributed by atoms with E-state index in [9.17, 15) is 53.4 Å². The molecule has 0 bridgehead atoms. The summed E-state index contributed by atoms with van der Waals surface area (Å²) in [5.41, 5.74) is -3.36. The first kappa shape index (κ1) is 45.5. The Labute approximate surface area is 319 Å². The highest BCUT2D eigenvalue weighted by molar-refractivity contribution is 5.35. The van der Waals surface area contributed by atoms with Crippen LogP contribution in [0.4, 0.5) is 52.7 Å². The van der Waals surface area contributed by atoms with Gasteiger partial charge in [0.15, 0.2) is 23.0 Å². The third-order valence-electron chi connectivity index (χ3n) is 11.4. The molecule has 1 unspecified atom stereocenters. The molecular formula is C40H50F12O4. The number of hydrogen-bond acceptors (Lipinski definition) is 4. The lowest BCUT2D eigenvalue weighted by molar-refractivity contribution is -0.236. The minimum atomic E-state index is -5.06. The minimum absolute atomic E-state index is 0.00656. The zero-order valence-electron chi connectivity index (χ0n) is 31.3. The zero-order valence-corrected chi connectivity index (χ0v) is 31.3. The second-order valence-corrected chi connectivity index (χ2v) is 15.3. The van der Waals surface area contributed by atoms with E-state index in [0.717, 1.165) is 12.1 Å². The van der Waals surface area contributed by atoms with Crippen LogP contribution in [-0.2, 0) is 0 Å². The fourth-order valence-electron chi connectivity index (χ4n) is 7.93. The van der Waals surface area contributed by atoms with Crippen molar-refractivity contribution in [2.45, 2.75) is 147 Å². The maximum atomic E-state index is 15.3. The van der Waals surface area contributed by atoms with Gasteiger partial charge >= 0.3 is 18.4 Å². The van der Waals surface area contributed by atoms with Crippen molar-refractivity contribution in [3.05, 3.63) is 47.5 Å². The predicted octanol–water partition coefficient (Wildman–Crippen LogP) is 13.8. The van der Waals surface area contributed by atoms with Crippen LogP contribution in [0.1, 0.15) is 122 Å². The van der Waals surface area contributed by atoms with Crippen LogP contribution < -0.4 is 14.2 Å². The summed E-state index contributed by atoms with van der Waals surface area (Å²) in [5, 5.41) is 9.18. The number of unbranched alkanes of at least 4 members (excludes halogenated alkanes) is 4. The topological polar surface area (TPSA) is 47.9 Å². The van der Waals surface area contributed by atoms with Gasteiger partial charge in [0.1, 0.15) is 0 Å². The molecule has 2 saturated carbocycles. The molecule has 4 rings (SSSR count). The molecule has 2 aliphatic carbocycles. The zero-order chi connectivity index (χ0) is 41.3. The van der Waals surface area contributed by atoms with Crippen molar-refractivity contribution in [1.29, 1.82) is 0 Å². The normalized spacial score (nSPS) is 22.1. The van der Waals surface area contributed by atoms with Gasteiger partial charge in [-0.15, -0.1) is 0 Å². The quantitative estimate of drug-likeness (QED) is 0.107. The maximum absolute atomic E-state index is 15.3. The molecule has 0 spiro atoms. The van der Waals surface area contributed by atoms with E-state index in [2.05, 4.69) is 9.47 Å². The van der Waals surface area contributed by atoms with Crippen molar-refractivity contribution in [2.75, 3.05) is 6.61 Å². The van der Waals surface area contributed by atoms with Gasteiger partial charge in [-0.25, -0.2) is 4.39 Å². The highest BCUT2D eigenvalue weighted by atomic mass is 19.4. The molecule has 2 aromatic carbocycles. The summed E-state index contributed by atoms with van der Waals surface area (Å²) in [5.74, 6) is -12.3. The van der Waals surface area contributed by atoms with Gasteiger partial charge in [0.2, 0.25) is 28.9 Å². The number of hydrogen-bond donors (Lipinski definition) is 1. The minimum Gasteiger partial charge on any atom is -0.505 e. The number of alkyl halides is 8. The molecule has 318 valence electrons. The first-order chi connectivity index (χ1) is 26.3. The summed E-state index contributed by atoms with van der Waals surface area (Å²) in [6.07, 6.45) is -9.51. The van der Waals surface area contributed by atoms with Gasteiger partial charge in [-0.1, -0.05) is 38.5 Å². The van der Waals surface area contributed by atoms with Crippen LogP contribution in [0, 0.1) is 46.9 Å². The molecule has 1 N–H and O–H groups in total. The van der Waals surface area contributed by atoms with E-state index in [4.69, 9.17) is 4.74 Å². The van der Waals surface area contributed by atoms with Crippen LogP contribution in [0.25, 0.3) is 0 Å². The number of benzene rings is 2. The van der Waals surface area contributed by atoms with E-state index in [1.165, 1.54) is 0 Å². The van der Waals surface area contributed by atoms with Gasteiger partial charge in [-0.3, -0.25) is 0 Å². The summed E-state index contributed by atoms with van der Waals surface area (Å²) in [6.45, 7) is 1.60. The van der Waals surface area contributed by atoms with E-state index in [1.54, 1.807) is 6.92 Å². The Balaban J connectivity index is 1.10. The molecule has 0 amide bonds. The highest BCUT2D eigenvalue weighted by Crippen LogP contribution is 2.46. The third kappa shape index (κ3) is 11.9. The second kappa shape index (κ2) is 19.5. The molecule has 16 heteroatoms. The van der Waals surface area contributed by atoms with E-state index in [0.29, 0.717) is 76.3 Å². The van der Waals surface area contributed by atoms with Crippen LogP contribution in [0.2, 0.25) is 0 Å². The highest BCUT2D eigenvalue weighted by Gasteiger charge is 2.54. The summed E-state index contributed by atoms with van der Waals surface area (Å²) >= 11 is 0. The number of aromatic hydroxyl groups is 1. The van der Waals surface area contributed by atoms with E-state index in [-0.39, 0.29) is 57.0 Å². The summed E-state index contributed by atoms with van der Waals surface area (Å²) < 4.78 is 186. The SMILES string of the molecule is CCOc1ccc(OC(F)(F)C2CCC(CCCCCC(F)(CCCCCC3CCC(C(F)(F)Oc4ccc(O)c(F)c4F)CC3)C(F)(F)F)CC2)c(F)c1F. The number of halogens is 12. The fourth-order valence-corrected chi connectivity index (χ4v) is 7.93. The number of phenolic OH excluding ortho intramolecular Hbond substituents is 1. The third-order valence-corrected chi connectivity index (χ3v) is 11.4. The molecule has 56 heavy (non-hydrogen) atoms. The summed E-state index contributed by atoms with van der Waals surface area (Å²) in [4.78, 5) is 0. The van der Waals surface area contributed by atoms with Crippen molar-refractivity contribution in [2.24, 2.45) is 23.7 Å². The fraction of sp³-hybridized carbons (Fsp3) is 0.700. The van der Waals surface area contributed by atoms with Gasteiger partial charge in [0.25, 0.3) is 0 Å². The Morgan fingerprint density at radius 3 is 1.36 bits per heavy atom. The summed E-state index contributed by atoms with van der Waals surface area (Å²) in [6, 6.07) is 3.31. The lowest BCUT2D eigenvalue weighted by Gasteiger charge is -2.33. The molecule has 4 nitrogen and oxygen atoms in total. The van der Waals surface area contributed by atoms with Crippen molar-refractivity contribution in [1.82, 2.24) is 0 Å². The van der Waals surface area contributed by atoms with E-state index < -0.39 is 95.0 Å². The Morgan fingerprint density at radius 1 is 0.536 bits per heavy atom. The molecule has 0 aliphatic heterocycles. The summed E-state index contributed by atoms with van der Waals surface area (Å²) in [7, 11) is 0. The van der Waals surface area contributed by atoms with Crippen molar-refractivity contribution < 1.29 is 72.0 Å². The standard InChI is InChI=1S/C40H50F12O4/c1-2-54-30-21-22-32(36(44)34(30)42)56-39(48,49)28-17-13-26(14-18-28)10-6-4-8-24-37(45,40(50,51)52)23-7-3-5-9-25-11-15-27(16-12-25)38(46,47)55-31-20-19-29(53)33(41)35(31)43/h19-22,25-28,53H,2-18,23-24H2,1H3. The Morgan fingerprint density at radius 2 is 0.929 bits per heavy atom. The molecule has 0 saturated heterocycles. The lowest BCUT2D eigenvalue weighted by atomic mass is 9.79. The van der Waals surface area contributed by atoms with Crippen LogP contribution in [0.5, 0.6) is 23.0 Å². The molecule has 0 heterocycles. The molecule has 2 aromatic rings. The van der Waals surface area contributed by atoms with Crippen molar-refractivity contribution in [3.8, 4) is 23.0 Å². The molecule has 2 fully saturated rings. The van der Waals surface area contributed by atoms with Gasteiger partial charge in [-0.2, -0.15) is 48.3 Å². The monoisotopic (exact) mass is 822 g/mol. The lowest BCUT2D eigenvalue weighted by Crippen LogP contribution is -2.40. The molecule has 0 aromatic heterocycles. The van der Waals surface area contributed by atoms with E-state index in [1.807, 2.05) is 0 Å². The number of ether oxygens (including phenoxy) is 3. The maximum Gasteiger partial charge on any atom is 0.422 e. The van der Waals surface area contributed by atoms with E-state index >= 15 is 4.39 Å². The second-order valence-electron chi connectivity index (χ2n) is 15.3. The number of rotatable bonds is 20. The van der Waals surface area contributed by atoms with Crippen molar-refractivity contribution >= 4 is 0 Å². The average molecular weight is 823 g/mol. The van der Waals surface area contributed by atoms with Crippen LogP contribution >= 0.6 is 0 Å². The first-order valence-corrected chi connectivity index (χ1v) is 19.4. The van der Waals surface area contributed by atoms with Gasteiger partial charge in [0, 0.05) is 0 Å². The average Bonchev–Trinajstić information content (AvgIpc) is 3.14. The Kier molecular flexibility index (Phi) is 15.8.